The molecule has 2 N–H and O–H groups in total. The predicted molar refractivity (Wildman–Crippen MR) is 152 cm³/mol. The lowest BCUT2D eigenvalue weighted by Gasteiger charge is -2.14. The number of nitrogens with one attached hydrogen (secondary N) is 2. The Labute approximate surface area is 225 Å². The van der Waals surface area contributed by atoms with Crippen molar-refractivity contribution in [3.63, 3.8) is 0 Å². The van der Waals surface area contributed by atoms with Crippen molar-refractivity contribution >= 4 is 21.8 Å². The molecule has 1 aromatic carbocycles. The van der Waals surface area contributed by atoms with Crippen LogP contribution in [-0.4, -0.2) is 54.7 Å². The third-order valence-electron chi connectivity index (χ3n) is 7.63. The highest BCUT2D eigenvalue weighted by molar-refractivity contribution is 6.01. The molecule has 0 bridgehead atoms. The number of aromatic amines is 2. The Bertz CT molecular complexity index is 1770. The fourth-order valence-electron chi connectivity index (χ4n) is 5.67. The van der Waals surface area contributed by atoms with Gasteiger partial charge in [-0.25, -0.2) is 4.39 Å². The van der Waals surface area contributed by atoms with Crippen molar-refractivity contribution < 1.29 is 4.39 Å². The highest BCUT2D eigenvalue weighted by Gasteiger charge is 2.16. The molecule has 0 amide bonds. The SMILES string of the molecule is Fc1cc(CCCN2CCCC2)cc(-c2cncc3[nH]c(-c4n[nH]c5cnc(-c6ccncc6)cc45)cc23)c1. The average molecular weight is 518 g/mol. The summed E-state index contributed by atoms with van der Waals surface area (Å²) in [7, 11) is 0. The molecule has 0 spiro atoms. The minimum Gasteiger partial charge on any atom is -0.352 e. The molecule has 0 radical (unpaired) electrons. The number of hydrogen-bond acceptors (Lipinski definition) is 5. The van der Waals surface area contributed by atoms with Crippen LogP contribution >= 0.6 is 0 Å². The zero-order valence-electron chi connectivity index (χ0n) is 21.5. The summed E-state index contributed by atoms with van der Waals surface area (Å²) >= 11 is 0. The monoisotopic (exact) mass is 517 g/mol. The number of nitrogens with zero attached hydrogens (tertiary/aromatic N) is 5. The predicted octanol–water partition coefficient (Wildman–Crippen LogP) is 6.40. The summed E-state index contributed by atoms with van der Waals surface area (Å²) in [6.07, 6.45) is 13.4. The molecule has 1 fully saturated rings. The largest absolute Gasteiger partial charge is 0.352 e. The first kappa shape index (κ1) is 23.7. The van der Waals surface area contributed by atoms with E-state index in [1.807, 2.05) is 24.4 Å². The van der Waals surface area contributed by atoms with E-state index in [1.165, 1.54) is 25.9 Å². The summed E-state index contributed by atoms with van der Waals surface area (Å²) in [6, 6.07) is 13.4. The van der Waals surface area contributed by atoms with Crippen LogP contribution in [0.15, 0.2) is 73.4 Å². The van der Waals surface area contributed by atoms with Crippen molar-refractivity contribution in [3.05, 3.63) is 84.8 Å². The van der Waals surface area contributed by atoms with Crippen LogP contribution in [0.25, 0.3) is 55.6 Å². The maximum Gasteiger partial charge on any atom is 0.124 e. The number of benzene rings is 1. The Balaban J connectivity index is 1.23. The topological polar surface area (TPSA) is 86.4 Å². The maximum absolute atomic E-state index is 14.8. The molecular weight excluding hydrogens is 489 g/mol. The van der Waals surface area contributed by atoms with Gasteiger partial charge in [0.05, 0.1) is 34.8 Å². The molecule has 194 valence electrons. The fraction of sp³-hybridized carbons (Fsp3) is 0.226. The van der Waals surface area contributed by atoms with Gasteiger partial charge in [0.2, 0.25) is 0 Å². The van der Waals surface area contributed by atoms with Gasteiger partial charge in [0, 0.05) is 40.5 Å². The number of rotatable bonds is 7. The molecule has 0 unspecified atom stereocenters. The minimum atomic E-state index is -0.217. The van der Waals surface area contributed by atoms with Crippen LogP contribution in [0.1, 0.15) is 24.8 Å². The normalized spacial score (nSPS) is 14.1. The number of aromatic nitrogens is 6. The van der Waals surface area contributed by atoms with E-state index in [-0.39, 0.29) is 5.82 Å². The van der Waals surface area contributed by atoms with Crippen molar-refractivity contribution in [2.75, 3.05) is 19.6 Å². The van der Waals surface area contributed by atoms with Crippen molar-refractivity contribution in [1.82, 2.24) is 35.0 Å². The Morgan fingerprint density at radius 2 is 1.72 bits per heavy atom. The Morgan fingerprint density at radius 1 is 0.846 bits per heavy atom. The van der Waals surface area contributed by atoms with Gasteiger partial charge in [-0.1, -0.05) is 6.07 Å². The zero-order chi connectivity index (χ0) is 26.2. The lowest BCUT2D eigenvalue weighted by molar-refractivity contribution is 0.334. The average Bonchev–Trinajstić information content (AvgIpc) is 3.72. The van der Waals surface area contributed by atoms with Crippen LogP contribution in [0.4, 0.5) is 4.39 Å². The second-order valence-corrected chi connectivity index (χ2v) is 10.3. The van der Waals surface area contributed by atoms with Crippen molar-refractivity contribution in [1.29, 1.82) is 0 Å². The minimum absolute atomic E-state index is 0.217. The van der Waals surface area contributed by atoms with Crippen LogP contribution in [0.5, 0.6) is 0 Å². The van der Waals surface area contributed by atoms with Crippen molar-refractivity contribution in [2.24, 2.45) is 0 Å². The van der Waals surface area contributed by atoms with Gasteiger partial charge in [0.25, 0.3) is 0 Å². The number of H-pyrrole nitrogens is 2. The van der Waals surface area contributed by atoms with Gasteiger partial charge >= 0.3 is 0 Å². The molecule has 5 aromatic heterocycles. The van der Waals surface area contributed by atoms with E-state index in [0.29, 0.717) is 0 Å². The lowest BCUT2D eigenvalue weighted by Crippen LogP contribution is -2.20. The van der Waals surface area contributed by atoms with Crippen LogP contribution in [0.3, 0.4) is 0 Å². The van der Waals surface area contributed by atoms with E-state index < -0.39 is 0 Å². The van der Waals surface area contributed by atoms with Gasteiger partial charge in [-0.05, 0) is 92.8 Å². The smallest absolute Gasteiger partial charge is 0.124 e. The first-order valence-corrected chi connectivity index (χ1v) is 13.4. The van der Waals surface area contributed by atoms with E-state index >= 15 is 0 Å². The number of pyridine rings is 3. The molecule has 1 aliphatic heterocycles. The molecule has 39 heavy (non-hydrogen) atoms. The van der Waals surface area contributed by atoms with E-state index in [2.05, 4.69) is 47.2 Å². The summed E-state index contributed by atoms with van der Waals surface area (Å²) in [6.45, 7) is 3.44. The Kier molecular flexibility index (Phi) is 6.09. The van der Waals surface area contributed by atoms with Crippen molar-refractivity contribution in [3.8, 4) is 33.8 Å². The zero-order valence-corrected chi connectivity index (χ0v) is 21.5. The van der Waals surface area contributed by atoms with Gasteiger partial charge in [0.15, 0.2) is 0 Å². The van der Waals surface area contributed by atoms with E-state index in [4.69, 9.17) is 0 Å². The molecule has 6 aromatic rings. The summed E-state index contributed by atoms with van der Waals surface area (Å²) in [4.78, 5) is 19.1. The quantitative estimate of drug-likeness (QED) is 0.256. The number of aryl methyl sites for hydroxylation is 1. The first-order valence-electron chi connectivity index (χ1n) is 13.4. The molecule has 6 heterocycles. The Hall–Kier alpha value is -4.43. The molecule has 0 atom stereocenters. The maximum atomic E-state index is 14.8. The number of hydrogen-bond donors (Lipinski definition) is 2. The Morgan fingerprint density at radius 3 is 2.59 bits per heavy atom. The highest BCUT2D eigenvalue weighted by atomic mass is 19.1. The van der Waals surface area contributed by atoms with Crippen LogP contribution in [-0.2, 0) is 6.42 Å². The number of likely N-dealkylation sites (tertiary alicyclic amines) is 1. The van der Waals surface area contributed by atoms with Crippen LogP contribution in [0, 0.1) is 5.82 Å². The van der Waals surface area contributed by atoms with E-state index in [1.54, 1.807) is 36.9 Å². The highest BCUT2D eigenvalue weighted by Crippen LogP contribution is 2.35. The number of fused-ring (bicyclic) bond motifs is 2. The van der Waals surface area contributed by atoms with Gasteiger partial charge in [-0.2, -0.15) is 5.10 Å². The van der Waals surface area contributed by atoms with Gasteiger partial charge < -0.3 is 9.88 Å². The van der Waals surface area contributed by atoms with Gasteiger partial charge in [-0.3, -0.25) is 20.1 Å². The van der Waals surface area contributed by atoms with Crippen molar-refractivity contribution in [2.45, 2.75) is 25.7 Å². The molecule has 0 saturated carbocycles. The second-order valence-electron chi connectivity index (χ2n) is 10.3. The lowest BCUT2D eigenvalue weighted by atomic mass is 9.99. The fourth-order valence-corrected chi connectivity index (χ4v) is 5.67. The van der Waals surface area contributed by atoms with Gasteiger partial charge in [-0.15, -0.1) is 0 Å². The third kappa shape index (κ3) is 4.68. The first-order chi connectivity index (χ1) is 19.2. The molecule has 8 heteroatoms. The molecule has 1 aliphatic rings. The summed E-state index contributed by atoms with van der Waals surface area (Å²) < 4.78 is 14.8. The summed E-state index contributed by atoms with van der Waals surface area (Å²) in [5.74, 6) is -0.217. The molecule has 7 nitrogen and oxygen atoms in total. The molecular formula is C31H28FN7. The van der Waals surface area contributed by atoms with Crippen LogP contribution < -0.4 is 0 Å². The summed E-state index contributed by atoms with van der Waals surface area (Å²) in [5, 5.41) is 9.64. The number of halogens is 1. The standard InChI is InChI=1S/C31H28FN7/c32-23-13-20(4-3-11-39-9-1-2-10-39)12-22(14-23)26-17-34-18-29-24(26)15-28(36-29)31-25-16-27(21-5-7-33-8-6-21)35-19-30(25)37-38-31/h5-8,12-19,36H,1-4,9-11H2,(H,37,38). The second kappa shape index (κ2) is 10.0. The molecule has 7 rings (SSSR count). The van der Waals surface area contributed by atoms with E-state index in [0.717, 1.165) is 80.5 Å². The van der Waals surface area contributed by atoms with E-state index in [9.17, 15) is 4.39 Å². The van der Waals surface area contributed by atoms with Gasteiger partial charge in [0.1, 0.15) is 11.5 Å². The molecule has 1 saturated heterocycles. The summed E-state index contributed by atoms with van der Waals surface area (Å²) in [5.41, 5.74) is 7.98. The molecule has 0 aliphatic carbocycles. The van der Waals surface area contributed by atoms with Crippen LogP contribution in [0.2, 0.25) is 0 Å². The third-order valence-corrected chi connectivity index (χ3v) is 7.63.